The first-order chi connectivity index (χ1) is 9.71. The Labute approximate surface area is 130 Å². The molecule has 1 saturated heterocycles. The summed E-state index contributed by atoms with van der Waals surface area (Å²) in [6.45, 7) is 6.60. The van der Waals surface area contributed by atoms with Gasteiger partial charge in [-0.25, -0.2) is 4.79 Å². The normalized spacial score (nSPS) is 22.8. The van der Waals surface area contributed by atoms with Gasteiger partial charge in [0.1, 0.15) is 11.5 Å². The number of carbonyl (C=O) groups is 2. The van der Waals surface area contributed by atoms with Crippen LogP contribution in [0.2, 0.25) is 0 Å². The Bertz CT molecular complexity index is 384. The Morgan fingerprint density at radius 1 is 1.43 bits per heavy atom. The van der Waals surface area contributed by atoms with Gasteiger partial charge in [-0.15, -0.1) is 11.6 Å². The first kappa shape index (κ1) is 18.0. The van der Waals surface area contributed by atoms with E-state index in [9.17, 15) is 14.7 Å². The molecule has 0 aromatic heterocycles. The minimum absolute atomic E-state index is 0.102. The third-order valence-electron chi connectivity index (χ3n) is 3.43. The molecule has 122 valence electrons. The van der Waals surface area contributed by atoms with Gasteiger partial charge in [0.15, 0.2) is 0 Å². The van der Waals surface area contributed by atoms with Gasteiger partial charge in [0.25, 0.3) is 0 Å². The number of aliphatic hydroxyl groups is 1. The third-order valence-corrected chi connectivity index (χ3v) is 3.67. The lowest BCUT2D eigenvalue weighted by Crippen LogP contribution is -2.53. The Morgan fingerprint density at radius 2 is 2.10 bits per heavy atom. The van der Waals surface area contributed by atoms with Crippen molar-refractivity contribution in [3.05, 3.63) is 0 Å². The molecule has 1 unspecified atom stereocenters. The molecule has 1 fully saturated rings. The number of piperidine rings is 1. The second-order valence-corrected chi connectivity index (χ2v) is 6.84. The molecule has 1 atom stereocenters. The SMILES string of the molecule is CC(C)(C)OC(=O)N1CCCC(CO)(CNC(=O)CCl)C1. The summed E-state index contributed by atoms with van der Waals surface area (Å²) in [6, 6.07) is 0. The van der Waals surface area contributed by atoms with Gasteiger partial charge >= 0.3 is 6.09 Å². The van der Waals surface area contributed by atoms with Crippen molar-refractivity contribution in [3.8, 4) is 0 Å². The van der Waals surface area contributed by atoms with Crippen LogP contribution in [0.15, 0.2) is 0 Å². The maximum atomic E-state index is 12.1. The summed E-state index contributed by atoms with van der Waals surface area (Å²) >= 11 is 5.45. The summed E-state index contributed by atoms with van der Waals surface area (Å²) in [5, 5.41) is 12.4. The highest BCUT2D eigenvalue weighted by atomic mass is 35.5. The zero-order chi connectivity index (χ0) is 16.1. The van der Waals surface area contributed by atoms with Gasteiger partial charge in [-0.2, -0.15) is 0 Å². The van der Waals surface area contributed by atoms with Crippen LogP contribution in [-0.4, -0.2) is 59.7 Å². The molecule has 2 N–H and O–H groups in total. The van der Waals surface area contributed by atoms with E-state index in [1.165, 1.54) is 0 Å². The summed E-state index contributed by atoms with van der Waals surface area (Å²) < 4.78 is 5.36. The van der Waals surface area contributed by atoms with Crippen LogP contribution in [0.25, 0.3) is 0 Å². The smallest absolute Gasteiger partial charge is 0.410 e. The summed E-state index contributed by atoms with van der Waals surface area (Å²) in [5.41, 5.74) is -1.08. The van der Waals surface area contributed by atoms with Crippen molar-refractivity contribution in [3.63, 3.8) is 0 Å². The van der Waals surface area contributed by atoms with Crippen LogP contribution in [-0.2, 0) is 9.53 Å². The number of hydrogen-bond acceptors (Lipinski definition) is 4. The van der Waals surface area contributed by atoms with Gasteiger partial charge < -0.3 is 20.1 Å². The maximum Gasteiger partial charge on any atom is 0.410 e. The lowest BCUT2D eigenvalue weighted by molar-refractivity contribution is -0.119. The highest BCUT2D eigenvalue weighted by Crippen LogP contribution is 2.29. The fourth-order valence-corrected chi connectivity index (χ4v) is 2.45. The molecule has 0 saturated carbocycles. The largest absolute Gasteiger partial charge is 0.444 e. The van der Waals surface area contributed by atoms with Crippen molar-refractivity contribution < 1.29 is 19.4 Å². The number of nitrogens with one attached hydrogen (secondary N) is 1. The summed E-state index contributed by atoms with van der Waals surface area (Å²) in [7, 11) is 0. The highest BCUT2D eigenvalue weighted by Gasteiger charge is 2.38. The van der Waals surface area contributed by atoms with Gasteiger partial charge in [-0.3, -0.25) is 4.79 Å². The number of hydrogen-bond donors (Lipinski definition) is 2. The number of likely N-dealkylation sites (tertiary alicyclic amines) is 1. The molecule has 1 heterocycles. The average molecular weight is 321 g/mol. The average Bonchev–Trinajstić information content (AvgIpc) is 2.43. The standard InChI is InChI=1S/C14H25ClN2O4/c1-13(2,3)21-12(20)17-6-4-5-14(9-17,10-18)8-16-11(19)7-15/h18H,4-10H2,1-3H3,(H,16,19). The van der Waals surface area contributed by atoms with Crippen molar-refractivity contribution in [2.45, 2.75) is 39.2 Å². The summed E-state index contributed by atoms with van der Waals surface area (Å²) in [4.78, 5) is 25.0. The van der Waals surface area contributed by atoms with E-state index in [4.69, 9.17) is 16.3 Å². The van der Waals surface area contributed by atoms with Gasteiger partial charge in [-0.1, -0.05) is 0 Å². The minimum atomic E-state index is -0.552. The number of amides is 2. The fraction of sp³-hybridized carbons (Fsp3) is 0.857. The minimum Gasteiger partial charge on any atom is -0.444 e. The van der Waals surface area contributed by atoms with E-state index < -0.39 is 11.0 Å². The zero-order valence-corrected chi connectivity index (χ0v) is 13.7. The number of nitrogens with zero attached hydrogens (tertiary/aromatic N) is 1. The van der Waals surface area contributed by atoms with Gasteiger partial charge in [-0.05, 0) is 33.6 Å². The molecule has 0 aliphatic carbocycles. The van der Waals surface area contributed by atoms with Crippen molar-refractivity contribution in [2.24, 2.45) is 5.41 Å². The van der Waals surface area contributed by atoms with Crippen LogP contribution in [0.1, 0.15) is 33.6 Å². The van der Waals surface area contributed by atoms with Crippen LogP contribution >= 0.6 is 11.6 Å². The van der Waals surface area contributed by atoms with Crippen molar-refractivity contribution in [2.75, 3.05) is 32.1 Å². The van der Waals surface area contributed by atoms with Crippen LogP contribution in [0.4, 0.5) is 4.79 Å². The Kier molecular flexibility index (Phi) is 6.28. The van der Waals surface area contributed by atoms with Gasteiger partial charge in [0.05, 0.1) is 6.61 Å². The fourth-order valence-electron chi connectivity index (χ4n) is 2.35. The maximum absolute atomic E-state index is 12.1. The number of alkyl halides is 1. The molecule has 0 bridgehead atoms. The van der Waals surface area contributed by atoms with Crippen LogP contribution < -0.4 is 5.32 Å². The first-order valence-corrected chi connectivity index (χ1v) is 7.66. The predicted molar refractivity (Wildman–Crippen MR) is 80.3 cm³/mol. The molecule has 2 amide bonds. The van der Waals surface area contributed by atoms with E-state index >= 15 is 0 Å². The molecule has 0 aromatic rings. The number of carbonyl (C=O) groups excluding carboxylic acids is 2. The van der Waals surface area contributed by atoms with Crippen LogP contribution in [0.3, 0.4) is 0 Å². The van der Waals surface area contributed by atoms with E-state index in [0.29, 0.717) is 19.6 Å². The Hall–Kier alpha value is -1.01. The zero-order valence-electron chi connectivity index (χ0n) is 12.9. The van der Waals surface area contributed by atoms with E-state index in [2.05, 4.69) is 5.32 Å². The van der Waals surface area contributed by atoms with Crippen molar-refractivity contribution in [1.29, 1.82) is 0 Å². The monoisotopic (exact) mass is 320 g/mol. The molecule has 1 rings (SSSR count). The second kappa shape index (κ2) is 7.31. The van der Waals surface area contributed by atoms with Crippen molar-refractivity contribution >= 4 is 23.6 Å². The number of ether oxygens (including phenoxy) is 1. The lowest BCUT2D eigenvalue weighted by atomic mass is 9.80. The molecule has 0 radical (unpaired) electrons. The Balaban J connectivity index is 2.67. The third kappa shape index (κ3) is 5.71. The topological polar surface area (TPSA) is 78.9 Å². The van der Waals surface area contributed by atoms with Gasteiger partial charge in [0.2, 0.25) is 5.91 Å². The molecule has 0 aromatic carbocycles. The predicted octanol–water partition coefficient (Wildman–Crippen LogP) is 1.35. The number of halogens is 1. The molecular weight excluding hydrogens is 296 g/mol. The Morgan fingerprint density at radius 3 is 2.62 bits per heavy atom. The summed E-state index contributed by atoms with van der Waals surface area (Å²) in [6.07, 6.45) is 1.12. The first-order valence-electron chi connectivity index (χ1n) is 7.13. The lowest BCUT2D eigenvalue weighted by Gasteiger charge is -2.42. The van der Waals surface area contributed by atoms with Crippen molar-refractivity contribution in [1.82, 2.24) is 10.2 Å². The van der Waals surface area contributed by atoms with E-state index in [1.54, 1.807) is 4.90 Å². The molecule has 7 heteroatoms. The molecule has 1 aliphatic heterocycles. The number of aliphatic hydroxyl groups excluding tert-OH is 1. The van der Waals surface area contributed by atoms with E-state index in [0.717, 1.165) is 12.8 Å². The quantitative estimate of drug-likeness (QED) is 0.766. The van der Waals surface area contributed by atoms with E-state index in [1.807, 2.05) is 20.8 Å². The second-order valence-electron chi connectivity index (χ2n) is 6.57. The van der Waals surface area contributed by atoms with Gasteiger partial charge in [0, 0.05) is 25.0 Å². The molecular formula is C14H25ClN2O4. The van der Waals surface area contributed by atoms with Crippen LogP contribution in [0, 0.1) is 5.41 Å². The molecule has 21 heavy (non-hydrogen) atoms. The van der Waals surface area contributed by atoms with Crippen LogP contribution in [0.5, 0.6) is 0 Å². The molecule has 6 nitrogen and oxygen atoms in total. The number of rotatable bonds is 4. The van der Waals surface area contributed by atoms with E-state index in [-0.39, 0.29) is 24.5 Å². The molecule has 0 spiro atoms. The summed E-state index contributed by atoms with van der Waals surface area (Å²) in [5.74, 6) is -0.393. The highest BCUT2D eigenvalue weighted by molar-refractivity contribution is 6.27. The molecule has 1 aliphatic rings.